The lowest BCUT2D eigenvalue weighted by Crippen LogP contribution is -2.68. The Kier molecular flexibility index (Phi) is 25.2. The van der Waals surface area contributed by atoms with E-state index in [-0.39, 0.29) is 79.6 Å². The van der Waals surface area contributed by atoms with Crippen LogP contribution in [0.15, 0.2) is 36.7 Å². The predicted molar refractivity (Wildman–Crippen MR) is 320 cm³/mol. The molecule has 24 atom stereocenters. The lowest BCUT2D eigenvalue weighted by molar-refractivity contribution is -0.335. The van der Waals surface area contributed by atoms with Gasteiger partial charge < -0.3 is 100 Å². The van der Waals surface area contributed by atoms with Crippen molar-refractivity contribution in [3.63, 3.8) is 0 Å². The maximum atomic E-state index is 14.6. The Labute approximate surface area is 556 Å². The van der Waals surface area contributed by atoms with Crippen molar-refractivity contribution >= 4 is 29.5 Å². The number of aryl methyl sites for hydroxylation is 1. The average molecular weight is 1400 g/mol. The van der Waals surface area contributed by atoms with Crippen molar-refractivity contribution in [2.24, 2.45) is 11.8 Å². The molecule has 5 aliphatic rings. The highest BCUT2D eigenvalue weighted by atomic mass is 19.2. The third-order valence-electron chi connectivity index (χ3n) is 18.4. The zero-order valence-corrected chi connectivity index (χ0v) is 53.8. The summed E-state index contributed by atoms with van der Waals surface area (Å²) in [6.07, 6.45) is -27.6. The van der Waals surface area contributed by atoms with Gasteiger partial charge in [-0.05, 0) is 82.2 Å². The molecule has 5 heterocycles. The summed E-state index contributed by atoms with van der Waals surface area (Å²) in [4.78, 5) is 67.5. The number of ketones is 1. The van der Waals surface area contributed by atoms with E-state index in [1.165, 1.54) is 26.1 Å². The van der Waals surface area contributed by atoms with Crippen LogP contribution in [0.25, 0.3) is 22.5 Å². The van der Waals surface area contributed by atoms with Gasteiger partial charge in [0.05, 0.1) is 56.0 Å². The standard InChI is InChI=1S/C62H82F5N9O22/c1-6-7-10-40(59(90)91)93-57-47(70-27(5)80)60(96-44(23-78)52(57)85)95-42-18-30(16-35(69-26(4)79)56(42)98-62-55(88)54(87)49(82)25(3)92-62)39(81)9-8-11-68-58(89)31-17-38(75-20-36(71-73-75)29-14-33(64)46(67)34(65)15-29)50(83)41(19-31)94-61-53(86)48(51(84)43(22-77)97-61)76-21-37(72-74-76)28-12-24(2)45(66)32(63)13-28/h12-15,20-21,25,30-31,35,38,40-44,47-57,60-62,77-78,82-88H,6-11,16-19,22-23H2,1-5H3,(H,68,89)(H,69,79)(H,70,80)(H,90,91)/t25?,30?,31-,35?,38?,40-,41+,42+,43?,44-,47?,48?,49+,50?,51-,52-,53+,54-,55?,56+,57?,60+,61+,62-/m0/s1. The second-order valence-electron chi connectivity index (χ2n) is 25.4. The topological polar surface area (TPSA) is 450 Å². The van der Waals surface area contributed by atoms with Crippen molar-refractivity contribution in [3.8, 4) is 22.5 Å². The van der Waals surface area contributed by atoms with Crippen LogP contribution in [0.5, 0.6) is 0 Å². The van der Waals surface area contributed by atoms with Gasteiger partial charge in [-0.15, -0.1) is 10.2 Å². The smallest absolute Gasteiger partial charge is 0.332 e. The minimum atomic E-state index is -1.91. The van der Waals surface area contributed by atoms with Crippen LogP contribution in [0.1, 0.15) is 103 Å². The maximum Gasteiger partial charge on any atom is 0.332 e. The first-order valence-electron chi connectivity index (χ1n) is 32.1. The molecule has 9 rings (SSSR count). The molecular weight excluding hydrogens is 1320 g/mol. The highest BCUT2D eigenvalue weighted by molar-refractivity contribution is 5.82. The van der Waals surface area contributed by atoms with Crippen LogP contribution in [-0.2, 0) is 57.1 Å². The highest BCUT2D eigenvalue weighted by Gasteiger charge is 2.55. The third kappa shape index (κ3) is 17.0. The molecular formula is C62H82F5N9O22. The first-order valence-corrected chi connectivity index (χ1v) is 32.1. The fourth-order valence-electron chi connectivity index (χ4n) is 13.2. The van der Waals surface area contributed by atoms with Crippen molar-refractivity contribution in [1.29, 1.82) is 0 Å². The number of unbranched alkanes of at least 4 members (excludes halogenated alkanes) is 1. The fourth-order valence-corrected chi connectivity index (χ4v) is 13.2. The number of hydrogen-bond donors (Lipinski definition) is 13. The number of carbonyl (C=O) groups is 5. The zero-order chi connectivity index (χ0) is 71.3. The van der Waals surface area contributed by atoms with Gasteiger partial charge >= 0.3 is 5.97 Å². The molecule has 5 fully saturated rings. The van der Waals surface area contributed by atoms with Crippen LogP contribution in [0.4, 0.5) is 22.0 Å². The largest absolute Gasteiger partial charge is 0.479 e. The summed E-state index contributed by atoms with van der Waals surface area (Å²) in [5.74, 6) is -13.3. The van der Waals surface area contributed by atoms with Gasteiger partial charge in [-0.1, -0.05) is 30.2 Å². The van der Waals surface area contributed by atoms with E-state index in [2.05, 4.69) is 36.6 Å². The SMILES string of the molecule is CCCC[C@H](OC1C(NC(C)=O)[C@H](O[C@@H]2CC(C(=O)CCCNC(=O)[C@H]3CC(n4cc(-c5cc(F)c(F)c(F)c5)nn4)C(O)[C@H](O[C@@H]4OC(CO)[C@H](O)C(n5cc(-c6cc(C)c(F)c(F)c6)nn5)[C@H]4O)C3)CC(NC(C)=O)[C@H]2O[C@@H]2OC(C)[C@@H](O)[C@H](O)C2O)O[C@@H](CO)[C@@H]1O)C(=O)O. The van der Waals surface area contributed by atoms with Crippen LogP contribution >= 0.6 is 0 Å². The van der Waals surface area contributed by atoms with Crippen molar-refractivity contribution in [1.82, 2.24) is 45.9 Å². The predicted octanol–water partition coefficient (Wildman–Crippen LogP) is -0.825. The van der Waals surface area contributed by atoms with Gasteiger partial charge in [0.25, 0.3) is 0 Å². The molecule has 0 bridgehead atoms. The van der Waals surface area contributed by atoms with Crippen LogP contribution in [0.3, 0.4) is 0 Å². The summed E-state index contributed by atoms with van der Waals surface area (Å²) >= 11 is 0. The number of aliphatic carboxylic acids is 1. The number of carbonyl (C=O) groups excluding carboxylic acids is 4. The number of halogens is 5. The van der Waals surface area contributed by atoms with Crippen molar-refractivity contribution < 1.29 is 130 Å². The molecule has 0 spiro atoms. The Balaban J connectivity index is 0.948. The Morgan fingerprint density at radius 3 is 1.85 bits per heavy atom. The second kappa shape index (κ2) is 32.7. The molecule has 36 heteroatoms. The first kappa shape index (κ1) is 75.5. The Bertz CT molecular complexity index is 3390. The lowest BCUT2D eigenvalue weighted by Gasteiger charge is -2.49. The van der Waals surface area contributed by atoms with E-state index < -0.39 is 218 Å². The van der Waals surface area contributed by atoms with Crippen LogP contribution in [0.2, 0.25) is 0 Å². The van der Waals surface area contributed by atoms with E-state index in [0.717, 1.165) is 35.5 Å². The van der Waals surface area contributed by atoms with E-state index in [1.54, 1.807) is 6.92 Å². The monoisotopic (exact) mass is 1400 g/mol. The molecule has 98 heavy (non-hydrogen) atoms. The molecule has 542 valence electrons. The molecule has 3 aliphatic heterocycles. The fraction of sp³-hybridized carbons (Fsp3) is 0.661. The number of carboxylic acid groups (broad SMARTS) is 1. The molecule has 31 nitrogen and oxygen atoms in total. The molecule has 13 N–H and O–H groups in total. The molecule has 2 aromatic heterocycles. The van der Waals surface area contributed by atoms with Crippen LogP contribution < -0.4 is 16.0 Å². The maximum absolute atomic E-state index is 14.6. The molecule has 2 saturated carbocycles. The van der Waals surface area contributed by atoms with Gasteiger partial charge in [-0.25, -0.2) is 36.1 Å². The number of hydrogen-bond acceptors (Lipinski definition) is 25. The molecule has 2 aromatic carbocycles. The highest BCUT2D eigenvalue weighted by Crippen LogP contribution is 2.41. The Hall–Kier alpha value is -6.72. The van der Waals surface area contributed by atoms with Crippen molar-refractivity contribution in [2.45, 2.75) is 227 Å². The molecule has 0 radical (unpaired) electrons. The van der Waals surface area contributed by atoms with Crippen molar-refractivity contribution in [2.75, 3.05) is 19.8 Å². The number of aromatic nitrogens is 6. The number of ether oxygens (including phenoxy) is 7. The summed E-state index contributed by atoms with van der Waals surface area (Å²) in [5, 5.41) is 135. The minimum absolute atomic E-state index is 0.0167. The summed E-state index contributed by atoms with van der Waals surface area (Å²) in [6.45, 7) is 4.81. The van der Waals surface area contributed by atoms with Gasteiger partial charge in [0, 0.05) is 49.8 Å². The third-order valence-corrected chi connectivity index (χ3v) is 18.4. The van der Waals surface area contributed by atoms with E-state index >= 15 is 0 Å². The Morgan fingerprint density at radius 1 is 0.643 bits per heavy atom. The van der Waals surface area contributed by atoms with Crippen LogP contribution in [0, 0.1) is 47.8 Å². The first-order chi connectivity index (χ1) is 46.5. The number of amides is 3. The van der Waals surface area contributed by atoms with Gasteiger partial charge in [-0.3, -0.25) is 19.2 Å². The molecule has 3 saturated heterocycles. The summed E-state index contributed by atoms with van der Waals surface area (Å²) < 4.78 is 117. The van der Waals surface area contributed by atoms with E-state index in [9.17, 15) is 97.0 Å². The number of Topliss-reactive ketones (excluding diaryl/α,β-unsaturated/α-hetero) is 1. The van der Waals surface area contributed by atoms with Gasteiger partial charge in [0.15, 0.2) is 54.1 Å². The molecule has 3 amide bonds. The quantitative estimate of drug-likeness (QED) is 0.0207. The number of aliphatic hydroxyl groups is 9. The summed E-state index contributed by atoms with van der Waals surface area (Å²) in [7, 11) is 0. The van der Waals surface area contributed by atoms with Gasteiger partial charge in [0.2, 0.25) is 17.7 Å². The average Bonchev–Trinajstić information content (AvgIpc) is 1.25. The zero-order valence-electron chi connectivity index (χ0n) is 53.8. The lowest BCUT2D eigenvalue weighted by atomic mass is 9.78. The van der Waals surface area contributed by atoms with Gasteiger partial charge in [0.1, 0.15) is 96.4 Å². The van der Waals surface area contributed by atoms with Gasteiger partial charge in [-0.2, -0.15) is 0 Å². The molecule has 10 unspecified atom stereocenters. The van der Waals surface area contributed by atoms with E-state index in [4.69, 9.17) is 33.2 Å². The van der Waals surface area contributed by atoms with E-state index in [0.29, 0.717) is 25.0 Å². The molecule has 4 aromatic rings. The van der Waals surface area contributed by atoms with Crippen LogP contribution in [-0.4, -0.2) is 253 Å². The Morgan fingerprint density at radius 2 is 1.22 bits per heavy atom. The summed E-state index contributed by atoms with van der Waals surface area (Å²) in [5.41, 5.74) is -0.461. The van der Waals surface area contributed by atoms with E-state index in [1.807, 2.05) is 0 Å². The number of rotatable bonds is 26. The number of nitrogens with one attached hydrogen (secondary N) is 3. The minimum Gasteiger partial charge on any atom is -0.479 e. The number of nitrogens with zero attached hydrogens (tertiary/aromatic N) is 6. The normalized spacial score (nSPS) is 34.0. The summed E-state index contributed by atoms with van der Waals surface area (Å²) in [6, 6.07) is -2.10. The van der Waals surface area contributed by atoms with Crippen molar-refractivity contribution in [3.05, 3.63) is 71.3 Å². The second-order valence-corrected chi connectivity index (χ2v) is 25.4. The number of aliphatic hydroxyl groups excluding tert-OH is 9. The number of carboxylic acids is 1. The molecule has 2 aliphatic carbocycles. The number of benzene rings is 2.